The van der Waals surface area contributed by atoms with Crippen molar-refractivity contribution in [3.8, 4) is 0 Å². The number of ether oxygens (including phenoxy) is 2. The number of carbonyl (C=O) groups is 3. The van der Waals surface area contributed by atoms with Crippen LogP contribution in [0.3, 0.4) is 0 Å². The number of nitrogens with zero attached hydrogens (tertiary/aromatic N) is 3. The second-order valence-corrected chi connectivity index (χ2v) is 10.2. The Morgan fingerprint density at radius 1 is 1.19 bits per heavy atom. The van der Waals surface area contributed by atoms with E-state index in [0.717, 1.165) is 29.3 Å². The third kappa shape index (κ3) is 5.51. The van der Waals surface area contributed by atoms with Gasteiger partial charge in [-0.05, 0) is 51.5 Å². The second-order valence-electron chi connectivity index (χ2n) is 9.37. The molecule has 3 aliphatic rings. The van der Waals surface area contributed by atoms with Crippen molar-refractivity contribution >= 4 is 34.8 Å². The summed E-state index contributed by atoms with van der Waals surface area (Å²) < 4.78 is 10.8. The third-order valence-corrected chi connectivity index (χ3v) is 7.29. The molecule has 0 bridgehead atoms. The molecule has 1 aromatic rings. The van der Waals surface area contributed by atoms with E-state index in [4.69, 9.17) is 14.5 Å². The molecule has 3 heterocycles. The molecule has 2 atom stereocenters. The van der Waals surface area contributed by atoms with Gasteiger partial charge in [-0.15, -0.1) is 0 Å². The molecule has 0 saturated carbocycles. The number of amides is 1. The second kappa shape index (κ2) is 11.3. The van der Waals surface area contributed by atoms with Crippen LogP contribution in [0.1, 0.15) is 58.6 Å². The van der Waals surface area contributed by atoms with Gasteiger partial charge < -0.3 is 19.3 Å². The standard InChI is InChI=1S/C27H33N3O5S/c1-5-34-25(32)20-12-9-13-29(15-20)22(31)14-21-16-36-27-28-18(4)23(26(33)35-17(2)3)24(30(21)27)19-10-7-6-8-11-19/h6-8,10-11,16-17,20,24H,5,9,12-15H2,1-4H3/t20-,24-/m0/s1. The lowest BCUT2D eigenvalue weighted by atomic mass is 9.93. The first-order chi connectivity index (χ1) is 17.3. The number of piperidine rings is 1. The van der Waals surface area contributed by atoms with Crippen LogP contribution < -0.4 is 0 Å². The van der Waals surface area contributed by atoms with Gasteiger partial charge in [0.2, 0.25) is 5.91 Å². The number of amidine groups is 1. The molecule has 36 heavy (non-hydrogen) atoms. The molecule has 8 nitrogen and oxygen atoms in total. The number of rotatable bonds is 7. The predicted octanol–water partition coefficient (Wildman–Crippen LogP) is 4.40. The van der Waals surface area contributed by atoms with Gasteiger partial charge >= 0.3 is 11.9 Å². The molecule has 1 saturated heterocycles. The number of benzene rings is 1. The summed E-state index contributed by atoms with van der Waals surface area (Å²) in [5.41, 5.74) is 2.78. The molecule has 1 aromatic carbocycles. The lowest BCUT2D eigenvalue weighted by Crippen LogP contribution is -2.44. The molecular formula is C27H33N3O5S. The molecule has 0 spiro atoms. The number of fused-ring (bicyclic) bond motifs is 1. The van der Waals surface area contributed by atoms with Gasteiger partial charge in [-0.25, -0.2) is 9.79 Å². The SMILES string of the molecule is CCOC(=O)[C@H]1CCCN(C(=O)CC2=CSC3=NC(C)=C(C(=O)OC(C)C)[C@H](c4ccccc4)N23)C1. The number of allylic oxidation sites excluding steroid dienone is 1. The molecule has 1 amide bonds. The van der Waals surface area contributed by atoms with Crippen molar-refractivity contribution < 1.29 is 23.9 Å². The van der Waals surface area contributed by atoms with E-state index in [2.05, 4.69) is 0 Å². The summed E-state index contributed by atoms with van der Waals surface area (Å²) in [7, 11) is 0. The van der Waals surface area contributed by atoms with Crippen LogP contribution in [0.2, 0.25) is 0 Å². The Labute approximate surface area is 216 Å². The topological polar surface area (TPSA) is 88.5 Å². The van der Waals surface area contributed by atoms with E-state index in [1.165, 1.54) is 11.8 Å². The highest BCUT2D eigenvalue weighted by Crippen LogP contribution is 2.45. The molecule has 0 radical (unpaired) electrons. The Morgan fingerprint density at radius 2 is 1.94 bits per heavy atom. The fourth-order valence-corrected chi connectivity index (χ4v) is 5.75. The highest BCUT2D eigenvalue weighted by Gasteiger charge is 2.42. The third-order valence-electron chi connectivity index (χ3n) is 6.40. The smallest absolute Gasteiger partial charge is 0.338 e. The zero-order valence-corrected chi connectivity index (χ0v) is 22.0. The first-order valence-electron chi connectivity index (χ1n) is 12.4. The Bertz CT molecular complexity index is 1110. The van der Waals surface area contributed by atoms with Gasteiger partial charge in [0, 0.05) is 18.8 Å². The Balaban J connectivity index is 1.59. The maximum absolute atomic E-state index is 13.4. The first-order valence-corrected chi connectivity index (χ1v) is 13.3. The van der Waals surface area contributed by atoms with Crippen molar-refractivity contribution in [2.75, 3.05) is 19.7 Å². The molecule has 192 valence electrons. The Kier molecular flexibility index (Phi) is 8.18. The summed E-state index contributed by atoms with van der Waals surface area (Å²) in [6, 6.07) is 9.29. The summed E-state index contributed by atoms with van der Waals surface area (Å²) in [5, 5.41) is 2.66. The number of hydrogen-bond acceptors (Lipinski definition) is 8. The van der Waals surface area contributed by atoms with Gasteiger partial charge in [0.05, 0.1) is 42.4 Å². The molecule has 0 aliphatic carbocycles. The van der Waals surface area contributed by atoms with Crippen molar-refractivity contribution in [3.05, 3.63) is 58.3 Å². The zero-order valence-electron chi connectivity index (χ0n) is 21.2. The fraction of sp³-hybridized carbons (Fsp3) is 0.481. The van der Waals surface area contributed by atoms with Crippen LogP contribution >= 0.6 is 11.8 Å². The quantitative estimate of drug-likeness (QED) is 0.501. The minimum absolute atomic E-state index is 0.0542. The van der Waals surface area contributed by atoms with E-state index in [1.807, 2.05) is 61.4 Å². The lowest BCUT2D eigenvalue weighted by Gasteiger charge is -2.37. The summed E-state index contributed by atoms with van der Waals surface area (Å²) >= 11 is 1.45. The lowest BCUT2D eigenvalue weighted by molar-refractivity contribution is -0.151. The highest BCUT2D eigenvalue weighted by atomic mass is 32.2. The fourth-order valence-electron chi connectivity index (χ4n) is 4.78. The summed E-state index contributed by atoms with van der Waals surface area (Å²) in [4.78, 5) is 47.3. The minimum atomic E-state index is -0.451. The van der Waals surface area contributed by atoms with Crippen molar-refractivity contribution in [3.63, 3.8) is 0 Å². The van der Waals surface area contributed by atoms with Crippen LogP contribution in [-0.4, -0.2) is 58.6 Å². The molecular weight excluding hydrogens is 478 g/mol. The minimum Gasteiger partial charge on any atom is -0.466 e. The van der Waals surface area contributed by atoms with Gasteiger partial charge in [0.1, 0.15) is 0 Å². The number of aliphatic imine (C=N–C) groups is 1. The van der Waals surface area contributed by atoms with Gasteiger partial charge in [0.25, 0.3) is 0 Å². The Hall–Kier alpha value is -3.07. The maximum atomic E-state index is 13.4. The molecule has 0 aromatic heterocycles. The number of thioether (sulfide) groups is 1. The maximum Gasteiger partial charge on any atom is 0.338 e. The average molecular weight is 512 g/mol. The molecule has 4 rings (SSSR count). The van der Waals surface area contributed by atoms with E-state index in [-0.39, 0.29) is 30.3 Å². The predicted molar refractivity (Wildman–Crippen MR) is 139 cm³/mol. The number of carbonyl (C=O) groups excluding carboxylic acids is 3. The average Bonchev–Trinajstić information content (AvgIpc) is 3.25. The van der Waals surface area contributed by atoms with Crippen molar-refractivity contribution in [1.29, 1.82) is 0 Å². The largest absolute Gasteiger partial charge is 0.466 e. The molecule has 0 N–H and O–H groups in total. The number of hydrogen-bond donors (Lipinski definition) is 0. The first kappa shape index (κ1) is 26.0. The van der Waals surface area contributed by atoms with E-state index in [9.17, 15) is 14.4 Å². The Morgan fingerprint density at radius 3 is 2.64 bits per heavy atom. The van der Waals surface area contributed by atoms with Crippen LogP contribution in [0.25, 0.3) is 0 Å². The van der Waals surface area contributed by atoms with E-state index >= 15 is 0 Å². The van der Waals surface area contributed by atoms with Crippen molar-refractivity contribution in [2.24, 2.45) is 10.9 Å². The molecule has 0 unspecified atom stereocenters. The van der Waals surface area contributed by atoms with E-state index in [1.54, 1.807) is 11.8 Å². The van der Waals surface area contributed by atoms with Crippen molar-refractivity contribution in [1.82, 2.24) is 9.80 Å². The summed E-state index contributed by atoms with van der Waals surface area (Å²) in [6.45, 7) is 8.57. The number of likely N-dealkylation sites (tertiary alicyclic amines) is 1. The van der Waals surface area contributed by atoms with Gasteiger partial charge in [-0.3, -0.25) is 9.59 Å². The van der Waals surface area contributed by atoms with E-state index in [0.29, 0.717) is 31.0 Å². The molecule has 1 fully saturated rings. The van der Waals surface area contributed by atoms with E-state index < -0.39 is 12.0 Å². The van der Waals surface area contributed by atoms with Crippen molar-refractivity contribution in [2.45, 2.75) is 59.1 Å². The van der Waals surface area contributed by atoms with Crippen LogP contribution in [0.15, 0.2) is 57.7 Å². The van der Waals surface area contributed by atoms with Crippen LogP contribution in [0.5, 0.6) is 0 Å². The monoisotopic (exact) mass is 511 g/mol. The van der Waals surface area contributed by atoms with Crippen LogP contribution in [0, 0.1) is 5.92 Å². The summed E-state index contributed by atoms with van der Waals surface area (Å²) in [5.74, 6) is -0.993. The highest BCUT2D eigenvalue weighted by molar-refractivity contribution is 8.16. The van der Waals surface area contributed by atoms with Crippen LogP contribution in [-0.2, 0) is 23.9 Å². The zero-order chi connectivity index (χ0) is 25.8. The molecule has 9 heteroatoms. The number of esters is 2. The van der Waals surface area contributed by atoms with Gasteiger partial charge in [-0.2, -0.15) is 0 Å². The molecule has 3 aliphatic heterocycles. The normalized spacial score (nSPS) is 21.7. The summed E-state index contributed by atoms with van der Waals surface area (Å²) in [6.07, 6.45) is 1.37. The van der Waals surface area contributed by atoms with Gasteiger partial charge in [-0.1, -0.05) is 42.1 Å². The van der Waals surface area contributed by atoms with Crippen LogP contribution in [0.4, 0.5) is 0 Å². The van der Waals surface area contributed by atoms with Gasteiger partial charge in [0.15, 0.2) is 5.17 Å².